The molecule has 0 bridgehead atoms. The quantitative estimate of drug-likeness (QED) is 0.245. The molecule has 0 atom stereocenters. The number of rotatable bonds is 8. The number of benzene rings is 2. The Hall–Kier alpha value is -2.76. The number of hydrogen-bond donors (Lipinski definition) is 2. The van der Waals surface area contributed by atoms with Gasteiger partial charge in [-0.3, -0.25) is 9.67 Å². The maximum Gasteiger partial charge on any atom is 0.422 e. The first-order valence-corrected chi connectivity index (χ1v) is 9.69. The van der Waals surface area contributed by atoms with Gasteiger partial charge in [-0.05, 0) is 23.3 Å². The van der Waals surface area contributed by atoms with Gasteiger partial charge in [0, 0.05) is 31.9 Å². The Bertz CT molecular complexity index is 975. The highest BCUT2D eigenvalue weighted by atomic mass is 127. The van der Waals surface area contributed by atoms with Crippen LogP contribution in [0.1, 0.15) is 16.7 Å². The van der Waals surface area contributed by atoms with Crippen LogP contribution in [0.5, 0.6) is 5.75 Å². The largest absolute Gasteiger partial charge is 0.484 e. The number of alkyl halides is 3. The number of hydrogen-bond acceptors (Lipinski definition) is 3. The normalized spacial score (nSPS) is 11.6. The van der Waals surface area contributed by atoms with E-state index in [2.05, 4.69) is 32.9 Å². The molecular weight excluding hydrogens is 534 g/mol. The number of ether oxygens (including phenoxy) is 1. The van der Waals surface area contributed by atoms with Crippen molar-refractivity contribution in [3.63, 3.8) is 0 Å². The summed E-state index contributed by atoms with van der Waals surface area (Å²) in [7, 11) is 1.67. The van der Waals surface area contributed by atoms with Gasteiger partial charge in [0.15, 0.2) is 12.6 Å². The molecule has 10 heteroatoms. The molecule has 0 saturated carbocycles. The van der Waals surface area contributed by atoms with Crippen molar-refractivity contribution in [3.8, 4) is 5.75 Å². The second kappa shape index (κ2) is 12.3. The molecule has 6 nitrogen and oxygen atoms in total. The van der Waals surface area contributed by atoms with Crippen LogP contribution in [0, 0.1) is 0 Å². The highest BCUT2D eigenvalue weighted by Gasteiger charge is 2.28. The fraction of sp³-hybridized carbons (Fsp3) is 0.273. The number of nitrogens with one attached hydrogen (secondary N) is 2. The Balaban J connectivity index is 0.00000363. The van der Waals surface area contributed by atoms with Gasteiger partial charge in [-0.1, -0.05) is 42.5 Å². The molecule has 2 aromatic carbocycles. The zero-order valence-corrected chi connectivity index (χ0v) is 19.8. The summed E-state index contributed by atoms with van der Waals surface area (Å²) in [6, 6.07) is 16.5. The molecule has 3 rings (SSSR count). The highest BCUT2D eigenvalue weighted by Crippen LogP contribution is 2.18. The van der Waals surface area contributed by atoms with Crippen molar-refractivity contribution in [1.29, 1.82) is 0 Å². The number of aliphatic imine (C=N–C) groups is 1. The Morgan fingerprint density at radius 1 is 0.969 bits per heavy atom. The van der Waals surface area contributed by atoms with Crippen molar-refractivity contribution in [2.45, 2.75) is 25.8 Å². The first-order chi connectivity index (χ1) is 14.9. The maximum atomic E-state index is 12.2. The van der Waals surface area contributed by atoms with E-state index in [0.717, 1.165) is 11.1 Å². The van der Waals surface area contributed by atoms with Gasteiger partial charge in [0.05, 0.1) is 12.7 Å². The molecule has 0 radical (unpaired) electrons. The lowest BCUT2D eigenvalue weighted by Gasteiger charge is -2.12. The molecule has 0 aliphatic rings. The van der Waals surface area contributed by atoms with Gasteiger partial charge < -0.3 is 15.4 Å². The second-order valence-corrected chi connectivity index (χ2v) is 6.86. The monoisotopic (exact) mass is 559 g/mol. The summed E-state index contributed by atoms with van der Waals surface area (Å²) in [4.78, 5) is 4.18. The summed E-state index contributed by atoms with van der Waals surface area (Å²) in [6.45, 7) is 0.421. The molecule has 2 N–H and O–H groups in total. The van der Waals surface area contributed by atoms with Crippen molar-refractivity contribution in [1.82, 2.24) is 20.4 Å². The minimum absolute atomic E-state index is 0. The zero-order chi connectivity index (χ0) is 22.1. The number of nitrogens with zero attached hydrogens (tertiary/aromatic N) is 3. The van der Waals surface area contributed by atoms with Crippen molar-refractivity contribution in [2.75, 3.05) is 13.7 Å². The Morgan fingerprint density at radius 2 is 1.62 bits per heavy atom. The van der Waals surface area contributed by atoms with Crippen molar-refractivity contribution < 1.29 is 17.9 Å². The summed E-state index contributed by atoms with van der Waals surface area (Å²) < 4.78 is 43.2. The second-order valence-electron chi connectivity index (χ2n) is 6.86. The standard InChI is InChI=1S/C22H24F3N5O.HI/c1-26-21(27-11-17-7-9-20(10-8-17)31-16-22(23,24)25)28-12-19-13-29-30(15-19)14-18-5-3-2-4-6-18;/h2-10,13,15H,11-12,14,16H2,1H3,(H2,26,27,28);1H. The van der Waals surface area contributed by atoms with Gasteiger partial charge in [0.1, 0.15) is 5.75 Å². The van der Waals surface area contributed by atoms with Gasteiger partial charge in [-0.2, -0.15) is 18.3 Å². The van der Waals surface area contributed by atoms with E-state index in [-0.39, 0.29) is 29.7 Å². The van der Waals surface area contributed by atoms with E-state index >= 15 is 0 Å². The van der Waals surface area contributed by atoms with Crippen LogP contribution in [0.3, 0.4) is 0 Å². The molecule has 0 aliphatic heterocycles. The van der Waals surface area contributed by atoms with Crippen LogP contribution in [-0.2, 0) is 19.6 Å². The average Bonchev–Trinajstić information content (AvgIpc) is 3.20. The van der Waals surface area contributed by atoms with Crippen LogP contribution < -0.4 is 15.4 Å². The average molecular weight is 559 g/mol. The Labute approximate surface area is 201 Å². The fourth-order valence-electron chi connectivity index (χ4n) is 2.82. The van der Waals surface area contributed by atoms with E-state index in [1.165, 1.54) is 17.7 Å². The minimum atomic E-state index is -4.35. The predicted molar refractivity (Wildman–Crippen MR) is 128 cm³/mol. The van der Waals surface area contributed by atoms with Crippen LogP contribution in [0.2, 0.25) is 0 Å². The molecule has 32 heavy (non-hydrogen) atoms. The molecule has 0 aliphatic carbocycles. The maximum absolute atomic E-state index is 12.2. The third-order valence-electron chi connectivity index (χ3n) is 4.34. The summed E-state index contributed by atoms with van der Waals surface area (Å²) in [5.74, 6) is 0.782. The van der Waals surface area contributed by atoms with Gasteiger partial charge in [-0.25, -0.2) is 0 Å². The molecule has 0 spiro atoms. The Kier molecular flexibility index (Phi) is 9.82. The van der Waals surface area contributed by atoms with Gasteiger partial charge >= 0.3 is 6.18 Å². The lowest BCUT2D eigenvalue weighted by Crippen LogP contribution is -2.36. The first kappa shape index (κ1) is 25.5. The Morgan fingerprint density at radius 3 is 2.25 bits per heavy atom. The molecule has 0 saturated heterocycles. The third-order valence-corrected chi connectivity index (χ3v) is 4.34. The van der Waals surface area contributed by atoms with E-state index < -0.39 is 12.8 Å². The molecule has 3 aromatic rings. The molecule has 1 heterocycles. The first-order valence-electron chi connectivity index (χ1n) is 9.69. The molecule has 0 amide bonds. The van der Waals surface area contributed by atoms with Crippen LogP contribution in [0.25, 0.3) is 0 Å². The smallest absolute Gasteiger partial charge is 0.422 e. The van der Waals surface area contributed by atoms with E-state index in [1.807, 2.05) is 35.3 Å². The van der Waals surface area contributed by atoms with Crippen molar-refractivity contribution in [2.24, 2.45) is 4.99 Å². The van der Waals surface area contributed by atoms with Crippen LogP contribution in [0.4, 0.5) is 13.2 Å². The molecule has 1 aromatic heterocycles. The molecule has 0 fully saturated rings. The van der Waals surface area contributed by atoms with Crippen LogP contribution >= 0.6 is 24.0 Å². The SMILES string of the molecule is CN=C(NCc1ccc(OCC(F)(F)F)cc1)NCc1cnn(Cc2ccccc2)c1.I. The van der Waals surface area contributed by atoms with E-state index in [4.69, 9.17) is 4.74 Å². The summed E-state index contributed by atoms with van der Waals surface area (Å²) >= 11 is 0. The molecular formula is C22H25F3IN5O. The van der Waals surface area contributed by atoms with Gasteiger partial charge in [0.2, 0.25) is 0 Å². The van der Waals surface area contributed by atoms with Crippen molar-refractivity contribution >= 4 is 29.9 Å². The highest BCUT2D eigenvalue weighted by molar-refractivity contribution is 14.0. The number of guanidine groups is 1. The van der Waals surface area contributed by atoms with E-state index in [0.29, 0.717) is 25.6 Å². The number of aromatic nitrogens is 2. The third kappa shape index (κ3) is 8.77. The van der Waals surface area contributed by atoms with Gasteiger partial charge in [0.25, 0.3) is 0 Å². The topological polar surface area (TPSA) is 63.5 Å². The molecule has 0 unspecified atom stereocenters. The predicted octanol–water partition coefficient (Wildman–Crippen LogP) is 4.36. The van der Waals surface area contributed by atoms with E-state index in [1.54, 1.807) is 19.2 Å². The summed E-state index contributed by atoms with van der Waals surface area (Å²) in [6.07, 6.45) is -0.563. The van der Waals surface area contributed by atoms with Crippen LogP contribution in [-0.4, -0.2) is 35.6 Å². The lowest BCUT2D eigenvalue weighted by atomic mass is 10.2. The fourth-order valence-corrected chi connectivity index (χ4v) is 2.82. The van der Waals surface area contributed by atoms with Gasteiger partial charge in [-0.15, -0.1) is 24.0 Å². The summed E-state index contributed by atoms with van der Waals surface area (Å²) in [5, 5.41) is 10.8. The van der Waals surface area contributed by atoms with E-state index in [9.17, 15) is 13.2 Å². The molecule has 172 valence electrons. The van der Waals surface area contributed by atoms with Crippen LogP contribution in [0.15, 0.2) is 72.0 Å². The number of halogens is 4. The zero-order valence-electron chi connectivity index (χ0n) is 17.5. The minimum Gasteiger partial charge on any atom is -0.484 e. The van der Waals surface area contributed by atoms with Crippen molar-refractivity contribution in [3.05, 3.63) is 83.7 Å². The lowest BCUT2D eigenvalue weighted by molar-refractivity contribution is -0.153. The summed E-state index contributed by atoms with van der Waals surface area (Å²) in [5.41, 5.74) is 3.08.